The van der Waals surface area contributed by atoms with Crippen molar-refractivity contribution in [3.8, 4) is 12.3 Å². The van der Waals surface area contributed by atoms with Crippen LogP contribution in [0.1, 0.15) is 17.9 Å². The molecule has 1 aliphatic rings. The maximum absolute atomic E-state index is 11.6. The van der Waals surface area contributed by atoms with E-state index in [0.717, 1.165) is 12.0 Å². The summed E-state index contributed by atoms with van der Waals surface area (Å²) in [6.45, 7) is 0.276. The number of halogens is 2. The lowest BCUT2D eigenvalue weighted by molar-refractivity contribution is -0.122. The van der Waals surface area contributed by atoms with Gasteiger partial charge in [-0.2, -0.15) is 0 Å². The van der Waals surface area contributed by atoms with Crippen LogP contribution < -0.4 is 5.32 Å². The average Bonchev–Trinajstić information content (AvgIpc) is 3.04. The molecular formula is C13H11Cl2NO. The normalized spacial score (nSPS) is 21.7. The topological polar surface area (TPSA) is 29.1 Å². The molecule has 1 aromatic carbocycles. The van der Waals surface area contributed by atoms with E-state index in [1.165, 1.54) is 0 Å². The van der Waals surface area contributed by atoms with Crippen LogP contribution in [0.5, 0.6) is 0 Å². The molecule has 1 aliphatic carbocycles. The summed E-state index contributed by atoms with van der Waals surface area (Å²) in [5, 5.41) is 3.88. The Balaban J connectivity index is 2.03. The summed E-state index contributed by atoms with van der Waals surface area (Å²) >= 11 is 11.8. The lowest BCUT2D eigenvalue weighted by atomic mass is 10.1. The molecule has 0 unspecified atom stereocenters. The number of hydrogen-bond acceptors (Lipinski definition) is 1. The van der Waals surface area contributed by atoms with Gasteiger partial charge in [0.05, 0.1) is 6.54 Å². The van der Waals surface area contributed by atoms with Gasteiger partial charge in [-0.3, -0.25) is 4.79 Å². The van der Waals surface area contributed by atoms with E-state index in [2.05, 4.69) is 11.2 Å². The molecule has 1 aromatic rings. The third-order valence-corrected chi connectivity index (χ3v) is 3.24. The highest BCUT2D eigenvalue weighted by atomic mass is 35.5. The van der Waals surface area contributed by atoms with Gasteiger partial charge in [0.25, 0.3) is 0 Å². The molecule has 0 spiro atoms. The van der Waals surface area contributed by atoms with Crippen LogP contribution in [-0.2, 0) is 4.79 Å². The zero-order valence-corrected chi connectivity index (χ0v) is 10.6. The zero-order chi connectivity index (χ0) is 12.4. The minimum absolute atomic E-state index is 0.00196. The number of carbonyl (C=O) groups excluding carboxylic acids is 1. The summed E-state index contributed by atoms with van der Waals surface area (Å²) in [7, 11) is 0. The van der Waals surface area contributed by atoms with Gasteiger partial charge in [-0.1, -0.05) is 29.1 Å². The van der Waals surface area contributed by atoms with E-state index in [9.17, 15) is 4.79 Å². The van der Waals surface area contributed by atoms with Gasteiger partial charge in [0.2, 0.25) is 5.91 Å². The van der Waals surface area contributed by atoms with Crippen LogP contribution in [0, 0.1) is 18.3 Å². The zero-order valence-electron chi connectivity index (χ0n) is 9.04. The monoisotopic (exact) mass is 267 g/mol. The van der Waals surface area contributed by atoms with Gasteiger partial charge in [-0.25, -0.2) is 0 Å². The second kappa shape index (κ2) is 5.00. The molecule has 4 heteroatoms. The van der Waals surface area contributed by atoms with Crippen molar-refractivity contribution < 1.29 is 4.79 Å². The fourth-order valence-corrected chi connectivity index (χ4v) is 2.45. The minimum atomic E-state index is -0.00196. The molecule has 2 atom stereocenters. The first-order valence-electron chi connectivity index (χ1n) is 5.29. The molecule has 0 saturated heterocycles. The molecular weight excluding hydrogens is 257 g/mol. The summed E-state index contributed by atoms with van der Waals surface area (Å²) in [6.07, 6.45) is 5.91. The molecule has 17 heavy (non-hydrogen) atoms. The first-order chi connectivity index (χ1) is 8.11. The van der Waals surface area contributed by atoms with Crippen molar-refractivity contribution in [2.24, 2.45) is 5.92 Å². The summed E-state index contributed by atoms with van der Waals surface area (Å²) in [4.78, 5) is 11.6. The summed E-state index contributed by atoms with van der Waals surface area (Å²) in [6, 6.07) is 5.39. The van der Waals surface area contributed by atoms with E-state index in [-0.39, 0.29) is 24.3 Å². The van der Waals surface area contributed by atoms with Crippen molar-refractivity contribution >= 4 is 29.1 Å². The number of benzene rings is 1. The van der Waals surface area contributed by atoms with Gasteiger partial charge in [0, 0.05) is 16.0 Å². The largest absolute Gasteiger partial charge is 0.345 e. The van der Waals surface area contributed by atoms with Crippen molar-refractivity contribution in [1.82, 2.24) is 5.32 Å². The maximum Gasteiger partial charge on any atom is 0.224 e. The molecule has 0 radical (unpaired) electrons. The third-order valence-electron chi connectivity index (χ3n) is 2.80. The first kappa shape index (κ1) is 12.3. The SMILES string of the molecule is C#CCNC(=O)[C@@H]1C[C@H]1c1cc(Cl)cc(Cl)c1. The number of hydrogen-bond donors (Lipinski definition) is 1. The molecule has 0 bridgehead atoms. The Morgan fingerprint density at radius 3 is 2.65 bits per heavy atom. The van der Waals surface area contributed by atoms with E-state index in [4.69, 9.17) is 29.6 Å². The number of nitrogens with one attached hydrogen (secondary N) is 1. The minimum Gasteiger partial charge on any atom is -0.345 e. The van der Waals surface area contributed by atoms with Gasteiger partial charge >= 0.3 is 0 Å². The van der Waals surface area contributed by atoms with Crippen molar-refractivity contribution in [2.75, 3.05) is 6.54 Å². The molecule has 1 fully saturated rings. The molecule has 88 valence electrons. The fourth-order valence-electron chi connectivity index (χ4n) is 1.91. The quantitative estimate of drug-likeness (QED) is 0.839. The van der Waals surface area contributed by atoms with Crippen LogP contribution >= 0.6 is 23.2 Å². The molecule has 0 heterocycles. The van der Waals surface area contributed by atoms with Crippen molar-refractivity contribution in [2.45, 2.75) is 12.3 Å². The highest BCUT2D eigenvalue weighted by molar-refractivity contribution is 6.34. The first-order valence-corrected chi connectivity index (χ1v) is 6.04. The second-order valence-electron chi connectivity index (χ2n) is 4.07. The Morgan fingerprint density at radius 2 is 2.06 bits per heavy atom. The van der Waals surface area contributed by atoms with Crippen molar-refractivity contribution in [1.29, 1.82) is 0 Å². The molecule has 1 N–H and O–H groups in total. The van der Waals surface area contributed by atoms with Gasteiger partial charge < -0.3 is 5.32 Å². The maximum atomic E-state index is 11.6. The number of amides is 1. The van der Waals surface area contributed by atoms with Crippen molar-refractivity contribution in [3.63, 3.8) is 0 Å². The van der Waals surface area contributed by atoms with Gasteiger partial charge in [0.15, 0.2) is 0 Å². The third kappa shape index (κ3) is 2.94. The summed E-state index contributed by atoms with van der Waals surface area (Å²) < 4.78 is 0. The molecule has 1 amide bonds. The lowest BCUT2D eigenvalue weighted by Crippen LogP contribution is -2.25. The smallest absolute Gasteiger partial charge is 0.224 e. The van der Waals surface area contributed by atoms with E-state index >= 15 is 0 Å². The van der Waals surface area contributed by atoms with E-state index in [0.29, 0.717) is 10.0 Å². The highest BCUT2D eigenvalue weighted by Gasteiger charge is 2.43. The summed E-state index contributed by atoms with van der Waals surface area (Å²) in [5.41, 5.74) is 1.02. The Kier molecular flexibility index (Phi) is 3.61. The van der Waals surface area contributed by atoms with Crippen molar-refractivity contribution in [3.05, 3.63) is 33.8 Å². The van der Waals surface area contributed by atoms with Crippen LogP contribution in [0.2, 0.25) is 10.0 Å². The Morgan fingerprint density at radius 1 is 1.41 bits per heavy atom. The van der Waals surface area contributed by atoms with Gasteiger partial charge in [-0.15, -0.1) is 6.42 Å². The average molecular weight is 268 g/mol. The second-order valence-corrected chi connectivity index (χ2v) is 4.95. The highest BCUT2D eigenvalue weighted by Crippen LogP contribution is 2.48. The predicted octanol–water partition coefficient (Wildman–Crippen LogP) is 2.85. The van der Waals surface area contributed by atoms with E-state index in [1.54, 1.807) is 6.07 Å². The molecule has 0 aromatic heterocycles. The number of carbonyl (C=O) groups is 1. The van der Waals surface area contributed by atoms with Crippen LogP contribution in [0.4, 0.5) is 0 Å². The van der Waals surface area contributed by atoms with Crippen LogP contribution in [0.15, 0.2) is 18.2 Å². The fraction of sp³-hybridized carbons (Fsp3) is 0.308. The van der Waals surface area contributed by atoms with E-state index < -0.39 is 0 Å². The number of rotatable bonds is 3. The van der Waals surface area contributed by atoms with Crippen LogP contribution in [-0.4, -0.2) is 12.5 Å². The molecule has 2 rings (SSSR count). The summed E-state index contributed by atoms with van der Waals surface area (Å²) in [5.74, 6) is 2.59. The Bertz CT molecular complexity index is 472. The molecule has 2 nitrogen and oxygen atoms in total. The lowest BCUT2D eigenvalue weighted by Gasteiger charge is -2.03. The van der Waals surface area contributed by atoms with E-state index in [1.807, 2.05) is 12.1 Å². The molecule has 1 saturated carbocycles. The van der Waals surface area contributed by atoms with Gasteiger partial charge in [-0.05, 0) is 36.1 Å². The van der Waals surface area contributed by atoms with Crippen LogP contribution in [0.3, 0.4) is 0 Å². The predicted molar refractivity (Wildman–Crippen MR) is 69.2 cm³/mol. The van der Waals surface area contributed by atoms with Gasteiger partial charge in [0.1, 0.15) is 0 Å². The Labute approximate surface area is 110 Å². The van der Waals surface area contributed by atoms with Crippen LogP contribution in [0.25, 0.3) is 0 Å². The standard InChI is InChI=1S/C13H11Cl2NO/c1-2-3-16-13(17)12-7-11(12)8-4-9(14)6-10(15)5-8/h1,4-6,11-12H,3,7H2,(H,16,17)/t11-,12+/m0/s1. The number of terminal acetylenes is 1. The molecule has 0 aliphatic heterocycles. The Hall–Kier alpha value is -1.17.